The summed E-state index contributed by atoms with van der Waals surface area (Å²) in [6.07, 6.45) is 0. The second kappa shape index (κ2) is 5.62. The Morgan fingerprint density at radius 1 is 1.33 bits per heavy atom. The first-order valence-corrected chi connectivity index (χ1v) is 6.81. The maximum atomic E-state index is 12.4. The third-order valence-corrected chi connectivity index (χ3v) is 3.68. The summed E-state index contributed by atoms with van der Waals surface area (Å²) in [6, 6.07) is 4.91. The number of para-hydroxylation sites is 1. The molecule has 0 saturated carbocycles. The van der Waals surface area contributed by atoms with E-state index < -0.39 is 31.8 Å². The number of amides is 1. The van der Waals surface area contributed by atoms with E-state index in [1.165, 1.54) is 25.1 Å². The molecule has 0 fully saturated rings. The molecule has 0 saturated heterocycles. The van der Waals surface area contributed by atoms with Crippen LogP contribution in [-0.4, -0.2) is 25.5 Å². The first kappa shape index (κ1) is 14.8. The zero-order chi connectivity index (χ0) is 13.9. The van der Waals surface area contributed by atoms with E-state index in [1.54, 1.807) is 0 Å². The predicted octanol–water partition coefficient (Wildman–Crippen LogP) is 2.25. The summed E-state index contributed by atoms with van der Waals surface area (Å²) in [6.45, 7) is 1.38. The summed E-state index contributed by atoms with van der Waals surface area (Å²) < 4.78 is 47.6. The number of hydrogen-bond donors (Lipinski definition) is 1. The van der Waals surface area contributed by atoms with Gasteiger partial charge in [-0.15, -0.1) is 11.6 Å². The molecule has 1 amide bonds. The fourth-order valence-corrected chi connectivity index (χ4v) is 2.09. The van der Waals surface area contributed by atoms with Gasteiger partial charge in [-0.25, -0.2) is 8.42 Å². The quantitative estimate of drug-likeness (QED) is 0.867. The number of carbonyl (C=O) groups excluding carboxylic acids is 1. The largest absolute Gasteiger partial charge is 0.341 e. The molecule has 0 aliphatic rings. The van der Waals surface area contributed by atoms with E-state index in [0.717, 1.165) is 6.07 Å². The predicted molar refractivity (Wildman–Crippen MR) is 63.6 cm³/mol. The molecule has 0 aliphatic carbocycles. The topological polar surface area (TPSA) is 63.2 Å². The average Bonchev–Trinajstić information content (AvgIpc) is 2.29. The fourth-order valence-electron chi connectivity index (χ4n) is 1.15. The highest BCUT2D eigenvalue weighted by molar-refractivity contribution is 7.91. The van der Waals surface area contributed by atoms with Crippen LogP contribution in [0.3, 0.4) is 0 Å². The van der Waals surface area contributed by atoms with Crippen molar-refractivity contribution in [2.24, 2.45) is 0 Å². The maximum absolute atomic E-state index is 12.4. The molecule has 1 unspecified atom stereocenters. The van der Waals surface area contributed by atoms with Crippen LogP contribution in [0.2, 0.25) is 0 Å². The standard InChI is InChI=1S/C10H10ClF2NO3S/c1-6(11)9(15)14-7-4-2-3-5-8(7)18(16,17)10(12)13/h2-6,10H,1H3,(H,14,15). The molecule has 1 rings (SSSR count). The Balaban J connectivity index is 3.20. The van der Waals surface area contributed by atoms with Gasteiger partial charge in [0, 0.05) is 0 Å². The molecule has 0 heterocycles. The lowest BCUT2D eigenvalue weighted by Gasteiger charge is -2.11. The van der Waals surface area contributed by atoms with Crippen molar-refractivity contribution in [1.82, 2.24) is 0 Å². The number of carbonyl (C=O) groups is 1. The van der Waals surface area contributed by atoms with Crippen molar-refractivity contribution in [1.29, 1.82) is 0 Å². The van der Waals surface area contributed by atoms with Crippen molar-refractivity contribution in [3.8, 4) is 0 Å². The third-order valence-electron chi connectivity index (χ3n) is 2.05. The van der Waals surface area contributed by atoms with E-state index in [9.17, 15) is 22.0 Å². The van der Waals surface area contributed by atoms with E-state index in [4.69, 9.17) is 11.6 Å². The molecule has 1 N–H and O–H groups in total. The molecule has 4 nitrogen and oxygen atoms in total. The second-order valence-corrected chi connectivity index (χ2v) is 5.95. The Morgan fingerprint density at radius 2 is 1.89 bits per heavy atom. The van der Waals surface area contributed by atoms with E-state index in [2.05, 4.69) is 5.32 Å². The molecule has 0 bridgehead atoms. The molecule has 8 heteroatoms. The molecular formula is C10H10ClF2NO3S. The molecule has 0 aliphatic heterocycles. The number of halogens is 3. The minimum atomic E-state index is -4.77. The van der Waals surface area contributed by atoms with Crippen molar-refractivity contribution in [3.05, 3.63) is 24.3 Å². The molecule has 0 radical (unpaired) electrons. The highest BCUT2D eigenvalue weighted by atomic mass is 35.5. The average molecular weight is 298 g/mol. The number of sulfone groups is 1. The smallest absolute Gasteiger partial charge is 0.324 e. The lowest BCUT2D eigenvalue weighted by molar-refractivity contribution is -0.115. The van der Waals surface area contributed by atoms with Crippen LogP contribution in [0.5, 0.6) is 0 Å². The first-order chi connectivity index (χ1) is 8.26. The van der Waals surface area contributed by atoms with Gasteiger partial charge in [0.1, 0.15) is 5.38 Å². The van der Waals surface area contributed by atoms with Crippen molar-refractivity contribution < 1.29 is 22.0 Å². The summed E-state index contributed by atoms with van der Waals surface area (Å²) in [5.74, 6) is -4.22. The SMILES string of the molecule is CC(Cl)C(=O)Nc1ccccc1S(=O)(=O)C(F)F. The van der Waals surface area contributed by atoms with Crippen LogP contribution in [0.4, 0.5) is 14.5 Å². The summed E-state index contributed by atoms with van der Waals surface area (Å²) in [7, 11) is -4.77. The molecule has 1 atom stereocenters. The van der Waals surface area contributed by atoms with Crippen molar-refractivity contribution in [3.63, 3.8) is 0 Å². The van der Waals surface area contributed by atoms with Crippen molar-refractivity contribution in [2.45, 2.75) is 23.0 Å². The number of benzene rings is 1. The first-order valence-electron chi connectivity index (χ1n) is 4.83. The Labute approximate surface area is 108 Å². The molecule has 0 spiro atoms. The number of nitrogens with one attached hydrogen (secondary N) is 1. The Bertz CT molecular complexity index is 546. The monoisotopic (exact) mass is 297 g/mol. The van der Waals surface area contributed by atoms with Gasteiger partial charge in [-0.3, -0.25) is 4.79 Å². The number of rotatable bonds is 4. The molecule has 0 aromatic heterocycles. The van der Waals surface area contributed by atoms with Gasteiger partial charge in [0.05, 0.1) is 10.6 Å². The summed E-state index contributed by atoms with van der Waals surface area (Å²) in [5.41, 5.74) is -0.213. The van der Waals surface area contributed by atoms with Crippen LogP contribution in [-0.2, 0) is 14.6 Å². The highest BCUT2D eigenvalue weighted by Crippen LogP contribution is 2.26. The number of hydrogen-bond acceptors (Lipinski definition) is 3. The van der Waals surface area contributed by atoms with E-state index in [1.807, 2.05) is 0 Å². The van der Waals surface area contributed by atoms with Gasteiger partial charge in [-0.1, -0.05) is 12.1 Å². The molecule has 18 heavy (non-hydrogen) atoms. The lowest BCUT2D eigenvalue weighted by atomic mass is 10.3. The van der Waals surface area contributed by atoms with Crippen LogP contribution in [0.1, 0.15) is 6.92 Å². The van der Waals surface area contributed by atoms with E-state index in [-0.39, 0.29) is 5.69 Å². The van der Waals surface area contributed by atoms with E-state index in [0.29, 0.717) is 0 Å². The van der Waals surface area contributed by atoms with Gasteiger partial charge in [0.25, 0.3) is 0 Å². The van der Waals surface area contributed by atoms with Crippen LogP contribution in [0.15, 0.2) is 29.2 Å². The minimum Gasteiger partial charge on any atom is -0.324 e. The van der Waals surface area contributed by atoms with Gasteiger partial charge in [0.2, 0.25) is 15.7 Å². The van der Waals surface area contributed by atoms with Crippen LogP contribution in [0, 0.1) is 0 Å². The second-order valence-electron chi connectivity index (χ2n) is 3.41. The van der Waals surface area contributed by atoms with Gasteiger partial charge < -0.3 is 5.32 Å². The number of anilines is 1. The lowest BCUT2D eigenvalue weighted by Crippen LogP contribution is -2.22. The Kier molecular flexibility index (Phi) is 4.64. The molecule has 1 aromatic carbocycles. The maximum Gasteiger partial charge on any atom is 0.341 e. The Morgan fingerprint density at radius 3 is 2.39 bits per heavy atom. The van der Waals surface area contributed by atoms with Crippen LogP contribution < -0.4 is 5.32 Å². The van der Waals surface area contributed by atoms with Crippen LogP contribution >= 0.6 is 11.6 Å². The van der Waals surface area contributed by atoms with Crippen molar-refractivity contribution in [2.75, 3.05) is 5.32 Å². The van der Waals surface area contributed by atoms with Gasteiger partial charge >= 0.3 is 5.76 Å². The van der Waals surface area contributed by atoms with Crippen LogP contribution in [0.25, 0.3) is 0 Å². The zero-order valence-electron chi connectivity index (χ0n) is 9.23. The minimum absolute atomic E-state index is 0.213. The fraction of sp³-hybridized carbons (Fsp3) is 0.300. The molecular weight excluding hydrogens is 288 g/mol. The Hall–Kier alpha value is -1.21. The third kappa shape index (κ3) is 3.17. The van der Waals surface area contributed by atoms with E-state index >= 15 is 0 Å². The van der Waals surface area contributed by atoms with Gasteiger partial charge in [0.15, 0.2) is 0 Å². The summed E-state index contributed by atoms with van der Waals surface area (Å²) in [4.78, 5) is 10.7. The number of alkyl halides is 3. The van der Waals surface area contributed by atoms with Gasteiger partial charge in [-0.2, -0.15) is 8.78 Å². The highest BCUT2D eigenvalue weighted by Gasteiger charge is 2.29. The van der Waals surface area contributed by atoms with Crippen molar-refractivity contribution >= 4 is 33.0 Å². The molecule has 1 aromatic rings. The summed E-state index contributed by atoms with van der Waals surface area (Å²) >= 11 is 5.50. The zero-order valence-corrected chi connectivity index (χ0v) is 10.8. The van der Waals surface area contributed by atoms with Gasteiger partial charge in [-0.05, 0) is 19.1 Å². The molecule has 100 valence electrons. The summed E-state index contributed by atoms with van der Waals surface area (Å²) in [5, 5.41) is 1.28. The normalized spacial score (nSPS) is 13.4.